The SMILES string of the molecule is C=C1c2cc(C(=O)NC3(C(=O)Nc4ccc(C(=O)OCC)cc4)CCC3)ccc2N(C2CCCCC2)N1c1ccccc1. The summed E-state index contributed by atoms with van der Waals surface area (Å²) in [7, 11) is 0. The molecule has 0 atom stereocenters. The zero-order valence-electron chi connectivity index (χ0n) is 24.6. The van der Waals surface area contributed by atoms with Gasteiger partial charge in [-0.1, -0.05) is 44.0 Å². The van der Waals surface area contributed by atoms with Gasteiger partial charge in [0.1, 0.15) is 5.54 Å². The first-order valence-electron chi connectivity index (χ1n) is 15.3. The normalized spacial score (nSPS) is 17.6. The van der Waals surface area contributed by atoms with Crippen LogP contribution in [0.15, 0.2) is 79.4 Å². The Morgan fingerprint density at radius 2 is 1.60 bits per heavy atom. The van der Waals surface area contributed by atoms with Gasteiger partial charge in [-0.2, -0.15) is 0 Å². The Morgan fingerprint density at radius 3 is 2.26 bits per heavy atom. The molecular weight excluding hydrogens is 540 g/mol. The van der Waals surface area contributed by atoms with Crippen molar-refractivity contribution in [3.05, 3.63) is 96.1 Å². The Hall–Kier alpha value is -4.59. The molecule has 2 fully saturated rings. The number of nitrogens with zero attached hydrogens (tertiary/aromatic N) is 2. The maximum absolute atomic E-state index is 13.6. The fourth-order valence-corrected chi connectivity index (χ4v) is 6.38. The number of para-hydroxylation sites is 1. The molecule has 2 saturated carbocycles. The number of fused-ring (bicyclic) bond motifs is 1. The number of carbonyl (C=O) groups excluding carboxylic acids is 3. The molecule has 2 amide bonds. The Morgan fingerprint density at radius 1 is 0.907 bits per heavy atom. The summed E-state index contributed by atoms with van der Waals surface area (Å²) in [6, 6.07) is 22.9. The number of hydrogen-bond acceptors (Lipinski definition) is 6. The van der Waals surface area contributed by atoms with Crippen LogP contribution in [0.1, 0.15) is 84.6 Å². The molecule has 1 aliphatic heterocycles. The number of anilines is 3. The first kappa shape index (κ1) is 28.5. The summed E-state index contributed by atoms with van der Waals surface area (Å²) >= 11 is 0. The minimum absolute atomic E-state index is 0.264. The second-order valence-corrected chi connectivity index (χ2v) is 11.6. The lowest BCUT2D eigenvalue weighted by molar-refractivity contribution is -0.125. The summed E-state index contributed by atoms with van der Waals surface area (Å²) < 4.78 is 5.03. The fraction of sp³-hybridized carbons (Fsp3) is 0.343. The van der Waals surface area contributed by atoms with Gasteiger partial charge in [0.25, 0.3) is 5.91 Å². The smallest absolute Gasteiger partial charge is 0.338 e. The molecule has 0 bridgehead atoms. The van der Waals surface area contributed by atoms with Crippen LogP contribution < -0.4 is 20.7 Å². The molecule has 3 aliphatic rings. The van der Waals surface area contributed by atoms with Crippen LogP contribution in [-0.2, 0) is 9.53 Å². The number of ether oxygens (including phenoxy) is 1. The van der Waals surface area contributed by atoms with Crippen LogP contribution in [0.5, 0.6) is 0 Å². The van der Waals surface area contributed by atoms with E-state index in [1.807, 2.05) is 36.4 Å². The zero-order chi connectivity index (χ0) is 30.0. The predicted molar refractivity (Wildman–Crippen MR) is 169 cm³/mol. The molecule has 2 aliphatic carbocycles. The summed E-state index contributed by atoms with van der Waals surface area (Å²) in [5.74, 6) is -0.959. The van der Waals surface area contributed by atoms with Crippen molar-refractivity contribution < 1.29 is 19.1 Å². The van der Waals surface area contributed by atoms with E-state index in [0.29, 0.717) is 42.3 Å². The van der Waals surface area contributed by atoms with Crippen LogP contribution in [-0.4, -0.2) is 36.0 Å². The van der Waals surface area contributed by atoms with Crippen molar-refractivity contribution in [1.82, 2.24) is 5.32 Å². The summed E-state index contributed by atoms with van der Waals surface area (Å²) in [6.45, 7) is 6.51. The van der Waals surface area contributed by atoms with Crippen molar-refractivity contribution in [2.24, 2.45) is 0 Å². The maximum Gasteiger partial charge on any atom is 0.338 e. The van der Waals surface area contributed by atoms with E-state index < -0.39 is 11.5 Å². The number of amides is 2. The van der Waals surface area contributed by atoms with E-state index in [9.17, 15) is 14.4 Å². The Kier molecular flexibility index (Phi) is 7.93. The maximum atomic E-state index is 13.6. The van der Waals surface area contributed by atoms with Gasteiger partial charge in [-0.05, 0) is 93.6 Å². The van der Waals surface area contributed by atoms with Crippen molar-refractivity contribution >= 4 is 40.5 Å². The molecule has 3 aromatic carbocycles. The predicted octanol–water partition coefficient (Wildman–Crippen LogP) is 6.70. The van der Waals surface area contributed by atoms with Crippen molar-refractivity contribution in [3.8, 4) is 0 Å². The fourth-order valence-electron chi connectivity index (χ4n) is 6.38. The molecule has 3 aromatic rings. The van der Waals surface area contributed by atoms with Gasteiger partial charge >= 0.3 is 5.97 Å². The van der Waals surface area contributed by atoms with E-state index in [1.165, 1.54) is 19.3 Å². The van der Waals surface area contributed by atoms with Crippen molar-refractivity contribution in [2.75, 3.05) is 21.9 Å². The molecule has 0 aromatic heterocycles. The highest BCUT2D eigenvalue weighted by molar-refractivity contribution is 6.05. The van der Waals surface area contributed by atoms with E-state index in [-0.39, 0.29) is 11.8 Å². The molecule has 2 N–H and O–H groups in total. The molecule has 0 spiro atoms. The molecule has 6 rings (SSSR count). The summed E-state index contributed by atoms with van der Waals surface area (Å²) in [6.07, 6.45) is 7.84. The number of hydrogen-bond donors (Lipinski definition) is 2. The van der Waals surface area contributed by atoms with Crippen LogP contribution in [0.4, 0.5) is 17.1 Å². The third kappa shape index (κ3) is 5.49. The van der Waals surface area contributed by atoms with Crippen LogP contribution in [0.2, 0.25) is 0 Å². The van der Waals surface area contributed by atoms with Crippen LogP contribution in [0.3, 0.4) is 0 Å². The molecule has 222 valence electrons. The van der Waals surface area contributed by atoms with Gasteiger partial charge in [-0.15, -0.1) is 0 Å². The quantitative estimate of drug-likeness (QED) is 0.289. The van der Waals surface area contributed by atoms with Crippen molar-refractivity contribution in [3.63, 3.8) is 0 Å². The van der Waals surface area contributed by atoms with E-state index in [1.54, 1.807) is 31.2 Å². The second kappa shape index (κ2) is 12.0. The molecule has 0 radical (unpaired) electrons. The highest BCUT2D eigenvalue weighted by Gasteiger charge is 2.46. The van der Waals surface area contributed by atoms with Crippen LogP contribution >= 0.6 is 0 Å². The highest BCUT2D eigenvalue weighted by atomic mass is 16.5. The monoisotopic (exact) mass is 578 g/mol. The second-order valence-electron chi connectivity index (χ2n) is 11.6. The zero-order valence-corrected chi connectivity index (χ0v) is 24.6. The summed E-state index contributed by atoms with van der Waals surface area (Å²) in [5.41, 5.74) is 4.34. The lowest BCUT2D eigenvalue weighted by Crippen LogP contribution is -2.61. The molecule has 8 nitrogen and oxygen atoms in total. The minimum atomic E-state index is -0.989. The van der Waals surface area contributed by atoms with Gasteiger partial charge in [0.2, 0.25) is 5.91 Å². The molecule has 43 heavy (non-hydrogen) atoms. The Bertz CT molecular complexity index is 1530. The van der Waals surface area contributed by atoms with Gasteiger partial charge in [0.05, 0.1) is 35.3 Å². The number of nitrogens with one attached hydrogen (secondary N) is 2. The largest absolute Gasteiger partial charge is 0.462 e. The molecular formula is C35H38N4O4. The number of rotatable bonds is 8. The van der Waals surface area contributed by atoms with Crippen LogP contribution in [0, 0.1) is 0 Å². The Labute approximate surface area is 252 Å². The van der Waals surface area contributed by atoms with Gasteiger partial charge in [0, 0.05) is 16.8 Å². The Balaban J connectivity index is 1.21. The van der Waals surface area contributed by atoms with E-state index in [2.05, 4.69) is 39.4 Å². The van der Waals surface area contributed by atoms with Gasteiger partial charge < -0.3 is 15.4 Å². The van der Waals surface area contributed by atoms with Gasteiger partial charge in [-0.25, -0.2) is 4.79 Å². The van der Waals surface area contributed by atoms with Gasteiger partial charge in [-0.3, -0.25) is 19.6 Å². The minimum Gasteiger partial charge on any atom is -0.462 e. The third-order valence-electron chi connectivity index (χ3n) is 8.86. The lowest BCUT2D eigenvalue weighted by Gasteiger charge is -2.41. The topological polar surface area (TPSA) is 91.0 Å². The molecule has 8 heteroatoms. The van der Waals surface area contributed by atoms with Gasteiger partial charge in [0.15, 0.2) is 0 Å². The molecule has 0 unspecified atom stereocenters. The number of benzene rings is 3. The average molecular weight is 579 g/mol. The lowest BCUT2D eigenvalue weighted by atomic mass is 9.75. The molecule has 1 heterocycles. The number of esters is 1. The standard InChI is InChI=1S/C35H38N4O4/c1-3-43-33(41)25-15-18-27(19-16-25)36-34(42)35(21-10-22-35)37-32(40)26-17-20-31-30(23-26)24(2)38(28-11-6-4-7-12-28)39(31)29-13-8-5-9-14-29/h4,6-7,11-12,15-20,23,29H,2-3,5,8-10,13-14,21-22H2,1H3,(H,36,42)(H,37,40). The van der Waals surface area contributed by atoms with Crippen LogP contribution in [0.25, 0.3) is 5.70 Å². The third-order valence-corrected chi connectivity index (χ3v) is 8.86. The first-order valence-corrected chi connectivity index (χ1v) is 15.3. The highest BCUT2D eigenvalue weighted by Crippen LogP contribution is 2.45. The summed E-state index contributed by atoms with van der Waals surface area (Å²) in [5, 5.41) is 10.5. The van der Waals surface area contributed by atoms with Crippen molar-refractivity contribution in [2.45, 2.75) is 69.9 Å². The van der Waals surface area contributed by atoms with E-state index >= 15 is 0 Å². The average Bonchev–Trinajstić information content (AvgIpc) is 3.31. The van der Waals surface area contributed by atoms with E-state index in [4.69, 9.17) is 4.74 Å². The summed E-state index contributed by atoms with van der Waals surface area (Å²) in [4.78, 5) is 39.0. The van der Waals surface area contributed by atoms with Crippen molar-refractivity contribution in [1.29, 1.82) is 0 Å². The molecule has 0 saturated heterocycles. The van der Waals surface area contributed by atoms with E-state index in [0.717, 1.165) is 41.9 Å². The first-order chi connectivity index (χ1) is 20.9. The number of carbonyl (C=O) groups is 3. The number of hydrazine groups is 1.